The number of ether oxygens (including phenoxy) is 1. The zero-order valence-corrected chi connectivity index (χ0v) is 18.3. The van der Waals surface area contributed by atoms with Gasteiger partial charge in [-0.1, -0.05) is 24.3 Å². The van der Waals surface area contributed by atoms with E-state index in [0.717, 1.165) is 19.3 Å². The molecular formula is C24H24F3N3O3. The molecule has 1 N–H and O–H groups in total. The lowest BCUT2D eigenvalue weighted by Gasteiger charge is -2.35. The first-order valence-electron chi connectivity index (χ1n) is 10.7. The quantitative estimate of drug-likeness (QED) is 0.630. The van der Waals surface area contributed by atoms with Crippen LogP contribution in [0.4, 0.5) is 13.2 Å². The van der Waals surface area contributed by atoms with Crippen LogP contribution in [-0.4, -0.2) is 60.4 Å². The number of allylic oxidation sites excluding steroid dienone is 2. The summed E-state index contributed by atoms with van der Waals surface area (Å²) in [6, 6.07) is 6.45. The third kappa shape index (κ3) is 4.13. The van der Waals surface area contributed by atoms with E-state index in [0.29, 0.717) is 41.8 Å². The van der Waals surface area contributed by atoms with Crippen LogP contribution < -0.4 is 5.32 Å². The van der Waals surface area contributed by atoms with Gasteiger partial charge in [0, 0.05) is 25.3 Å². The van der Waals surface area contributed by atoms with E-state index in [1.165, 1.54) is 4.90 Å². The van der Waals surface area contributed by atoms with Gasteiger partial charge in [0.1, 0.15) is 0 Å². The van der Waals surface area contributed by atoms with Gasteiger partial charge in [0.2, 0.25) is 5.60 Å². The summed E-state index contributed by atoms with van der Waals surface area (Å²) in [6.45, 7) is 2.45. The second-order valence-corrected chi connectivity index (χ2v) is 8.24. The number of amides is 2. The van der Waals surface area contributed by atoms with Crippen molar-refractivity contribution in [2.75, 3.05) is 20.2 Å². The molecule has 9 heteroatoms. The summed E-state index contributed by atoms with van der Waals surface area (Å²) in [7, 11) is 1.03. The van der Waals surface area contributed by atoms with Gasteiger partial charge in [-0.05, 0) is 44.1 Å². The minimum atomic E-state index is -4.65. The Bertz CT molecular complexity index is 1070. The molecule has 2 atom stereocenters. The Hall–Kier alpha value is -3.20. The second-order valence-electron chi connectivity index (χ2n) is 8.24. The summed E-state index contributed by atoms with van der Waals surface area (Å²) >= 11 is 0. The highest BCUT2D eigenvalue weighted by Gasteiger charge is 2.55. The average molecular weight is 459 g/mol. The monoisotopic (exact) mass is 459 g/mol. The Labute approximate surface area is 189 Å². The number of hydrogen-bond donors (Lipinski definition) is 1. The maximum absolute atomic E-state index is 13.9. The van der Waals surface area contributed by atoms with Gasteiger partial charge in [-0.2, -0.15) is 13.2 Å². The molecule has 1 aromatic rings. The summed E-state index contributed by atoms with van der Waals surface area (Å²) in [6.07, 6.45) is 1.75. The minimum absolute atomic E-state index is 0.233. The number of carbonyl (C=O) groups is 2. The lowest BCUT2D eigenvalue weighted by atomic mass is 9.87. The van der Waals surface area contributed by atoms with Crippen molar-refractivity contribution in [3.8, 4) is 0 Å². The lowest BCUT2D eigenvalue weighted by Crippen LogP contribution is -2.48. The Morgan fingerprint density at radius 1 is 1.18 bits per heavy atom. The summed E-state index contributed by atoms with van der Waals surface area (Å²) in [5.41, 5.74) is -0.696. The van der Waals surface area contributed by atoms with Crippen LogP contribution in [0.2, 0.25) is 0 Å². The number of methoxy groups -OCH3 is 1. The number of benzene rings is 1. The van der Waals surface area contributed by atoms with Gasteiger partial charge < -0.3 is 10.1 Å². The van der Waals surface area contributed by atoms with Crippen molar-refractivity contribution in [1.82, 2.24) is 10.2 Å². The molecule has 0 bridgehead atoms. The molecule has 33 heavy (non-hydrogen) atoms. The molecule has 4 rings (SSSR count). The van der Waals surface area contributed by atoms with Crippen molar-refractivity contribution in [3.05, 3.63) is 71.0 Å². The molecule has 2 unspecified atom stereocenters. The summed E-state index contributed by atoms with van der Waals surface area (Å²) < 4.78 is 46.5. The second kappa shape index (κ2) is 8.62. The van der Waals surface area contributed by atoms with Crippen LogP contribution in [0, 0.1) is 0 Å². The van der Waals surface area contributed by atoms with Crippen molar-refractivity contribution in [3.63, 3.8) is 0 Å². The van der Waals surface area contributed by atoms with Crippen LogP contribution >= 0.6 is 0 Å². The minimum Gasteiger partial charge on any atom is -0.381 e. The van der Waals surface area contributed by atoms with E-state index in [1.54, 1.807) is 36.4 Å². The number of aliphatic imine (C=N–C) groups is 1. The average Bonchev–Trinajstić information content (AvgIpc) is 3.03. The molecule has 0 saturated carbocycles. The molecule has 3 aliphatic rings. The molecule has 174 valence electrons. The highest BCUT2D eigenvalue weighted by Crippen LogP contribution is 2.40. The van der Waals surface area contributed by atoms with Crippen molar-refractivity contribution >= 4 is 17.5 Å². The van der Waals surface area contributed by atoms with Crippen LogP contribution in [-0.2, 0) is 4.74 Å². The number of alkyl halides is 3. The maximum atomic E-state index is 13.9. The Balaban J connectivity index is 1.43. The highest BCUT2D eigenvalue weighted by molar-refractivity contribution is 6.21. The number of nitrogens with zero attached hydrogens (tertiary/aromatic N) is 2. The third-order valence-electron chi connectivity index (χ3n) is 5.99. The van der Waals surface area contributed by atoms with Gasteiger partial charge in [-0.25, -0.2) is 0 Å². The highest BCUT2D eigenvalue weighted by atomic mass is 19.4. The lowest BCUT2D eigenvalue weighted by molar-refractivity contribution is -0.230. The fourth-order valence-electron chi connectivity index (χ4n) is 4.25. The molecule has 0 radical (unpaired) electrons. The van der Waals surface area contributed by atoms with Gasteiger partial charge >= 0.3 is 6.18 Å². The Kier molecular flexibility index (Phi) is 6.00. The standard InChI is InChI=1S/C24H24F3N3O3/c1-15(7-6-12-30-21(31)17-9-3-4-10-18(17)22(30)32)29-19-14-23(33-2,24(25,26)27)13-16-8-5-11-28-20(16)19/h3-5,8-10,13-15,29H,6-7,11-12H2,1-2H3. The molecule has 2 aliphatic heterocycles. The molecular weight excluding hydrogens is 435 g/mol. The first kappa shape index (κ1) is 23.0. The van der Waals surface area contributed by atoms with Crippen molar-refractivity contribution in [1.29, 1.82) is 0 Å². The molecule has 0 saturated heterocycles. The van der Waals surface area contributed by atoms with Gasteiger partial charge in [0.15, 0.2) is 0 Å². The fourth-order valence-corrected chi connectivity index (χ4v) is 4.25. The molecule has 6 nitrogen and oxygen atoms in total. The number of nitrogens with one attached hydrogen (secondary N) is 1. The van der Waals surface area contributed by atoms with Crippen LogP contribution in [0.3, 0.4) is 0 Å². The molecule has 2 heterocycles. The number of hydrogen-bond acceptors (Lipinski definition) is 5. The molecule has 0 spiro atoms. The molecule has 0 aromatic heterocycles. The molecule has 1 aliphatic carbocycles. The van der Waals surface area contributed by atoms with Crippen molar-refractivity contribution in [2.45, 2.75) is 37.6 Å². The predicted molar refractivity (Wildman–Crippen MR) is 117 cm³/mol. The first-order chi connectivity index (χ1) is 15.7. The number of carbonyl (C=O) groups excluding carboxylic acids is 2. The van der Waals surface area contributed by atoms with Crippen LogP contribution in [0.15, 0.2) is 64.8 Å². The summed E-state index contributed by atoms with van der Waals surface area (Å²) in [5.74, 6) is -0.640. The van der Waals surface area contributed by atoms with Gasteiger partial charge in [-0.3, -0.25) is 19.5 Å². The van der Waals surface area contributed by atoms with E-state index in [9.17, 15) is 22.8 Å². The van der Waals surface area contributed by atoms with Gasteiger partial charge in [-0.15, -0.1) is 0 Å². The van der Waals surface area contributed by atoms with Crippen LogP contribution in [0.25, 0.3) is 0 Å². The molecule has 1 aromatic carbocycles. The summed E-state index contributed by atoms with van der Waals surface area (Å²) in [4.78, 5) is 30.6. The number of imide groups is 1. The number of halogens is 3. The SMILES string of the molecule is COC1(C(F)(F)F)C=C2C=CCN=C2C(NC(C)CCCN2C(=O)c3ccccc3C2=O)=C1. The Morgan fingerprint density at radius 2 is 1.85 bits per heavy atom. The fraction of sp³-hybridized carbons (Fsp3) is 0.375. The normalized spacial score (nSPS) is 22.9. The zero-order chi connectivity index (χ0) is 23.8. The van der Waals surface area contributed by atoms with Crippen LogP contribution in [0.1, 0.15) is 40.5 Å². The predicted octanol–water partition coefficient (Wildman–Crippen LogP) is 3.82. The third-order valence-corrected chi connectivity index (χ3v) is 5.99. The topological polar surface area (TPSA) is 71.0 Å². The number of dihydropyridines is 1. The number of rotatable bonds is 7. The van der Waals surface area contributed by atoms with E-state index < -0.39 is 11.8 Å². The van der Waals surface area contributed by atoms with Gasteiger partial charge in [0.05, 0.1) is 29.1 Å². The van der Waals surface area contributed by atoms with Crippen molar-refractivity contribution in [2.24, 2.45) is 4.99 Å². The Morgan fingerprint density at radius 3 is 2.45 bits per heavy atom. The molecule has 0 fully saturated rings. The van der Waals surface area contributed by atoms with E-state index in [1.807, 2.05) is 6.92 Å². The summed E-state index contributed by atoms with van der Waals surface area (Å²) in [5, 5.41) is 3.13. The zero-order valence-electron chi connectivity index (χ0n) is 18.3. The molecule has 2 amide bonds. The van der Waals surface area contributed by atoms with Gasteiger partial charge in [0.25, 0.3) is 11.8 Å². The van der Waals surface area contributed by atoms with Crippen LogP contribution in [0.5, 0.6) is 0 Å². The van der Waals surface area contributed by atoms with E-state index in [-0.39, 0.29) is 30.1 Å². The van der Waals surface area contributed by atoms with Crippen molar-refractivity contribution < 1.29 is 27.5 Å². The first-order valence-corrected chi connectivity index (χ1v) is 10.7. The largest absolute Gasteiger partial charge is 0.424 e. The number of fused-ring (bicyclic) bond motifs is 2. The van der Waals surface area contributed by atoms with E-state index in [4.69, 9.17) is 4.74 Å². The maximum Gasteiger partial charge on any atom is 0.424 e. The van der Waals surface area contributed by atoms with E-state index >= 15 is 0 Å². The van der Waals surface area contributed by atoms with E-state index in [2.05, 4.69) is 10.3 Å². The smallest absolute Gasteiger partial charge is 0.381 e.